The second-order valence-electron chi connectivity index (χ2n) is 7.69. The lowest BCUT2D eigenvalue weighted by molar-refractivity contribution is 0.0603. The fourth-order valence-corrected chi connectivity index (χ4v) is 4.91. The number of esters is 1. The smallest absolute Gasteiger partial charge is 0.341 e. The first-order valence-corrected chi connectivity index (χ1v) is 11.2. The van der Waals surface area contributed by atoms with Gasteiger partial charge in [-0.15, -0.1) is 11.3 Å². The Morgan fingerprint density at radius 1 is 1.09 bits per heavy atom. The number of hydrogen-bond acceptors (Lipinski definition) is 5. The highest BCUT2D eigenvalue weighted by atomic mass is 32.1. The lowest BCUT2D eigenvalue weighted by atomic mass is 10.0. The van der Waals surface area contributed by atoms with Crippen molar-refractivity contribution >= 4 is 33.9 Å². The van der Waals surface area contributed by atoms with Crippen molar-refractivity contribution < 1.29 is 14.3 Å². The van der Waals surface area contributed by atoms with E-state index in [2.05, 4.69) is 17.2 Å². The molecular formula is C25H25N3O3S. The molecular weight excluding hydrogens is 422 g/mol. The number of imidazole rings is 1. The Hall–Kier alpha value is -3.45. The van der Waals surface area contributed by atoms with Crippen LogP contribution in [0.15, 0.2) is 42.6 Å². The molecule has 164 valence electrons. The zero-order chi connectivity index (χ0) is 23.0. The quantitative estimate of drug-likeness (QED) is 0.405. The molecule has 0 atom stereocenters. The molecule has 0 bridgehead atoms. The summed E-state index contributed by atoms with van der Waals surface area (Å²) in [5.74, 6) is -0.770. The van der Waals surface area contributed by atoms with Gasteiger partial charge in [-0.25, -0.2) is 9.78 Å². The summed E-state index contributed by atoms with van der Waals surface area (Å²) < 4.78 is 6.98. The predicted octanol–water partition coefficient (Wildman–Crippen LogP) is 5.59. The minimum Gasteiger partial charge on any atom is -0.465 e. The van der Waals surface area contributed by atoms with E-state index in [1.54, 1.807) is 12.3 Å². The van der Waals surface area contributed by atoms with Crippen molar-refractivity contribution in [3.8, 4) is 11.1 Å². The number of benzene rings is 1. The van der Waals surface area contributed by atoms with Gasteiger partial charge in [-0.3, -0.25) is 4.79 Å². The van der Waals surface area contributed by atoms with Gasteiger partial charge in [0.15, 0.2) is 0 Å². The molecule has 6 nitrogen and oxygen atoms in total. The SMILES string of the molecule is CCc1nc2ccc(C(=O)Nc3sc(C)c(-c4ccc(C)cc4)c3C(=O)OC)cn2c1C. The molecule has 7 heteroatoms. The van der Waals surface area contributed by atoms with E-state index in [-0.39, 0.29) is 5.91 Å². The van der Waals surface area contributed by atoms with E-state index in [0.29, 0.717) is 16.1 Å². The van der Waals surface area contributed by atoms with Gasteiger partial charge in [0.05, 0.1) is 18.4 Å². The molecule has 3 heterocycles. The van der Waals surface area contributed by atoms with Crippen molar-refractivity contribution in [2.75, 3.05) is 12.4 Å². The number of rotatable bonds is 5. The van der Waals surface area contributed by atoms with Gasteiger partial charge in [0.25, 0.3) is 5.91 Å². The van der Waals surface area contributed by atoms with Gasteiger partial charge in [-0.05, 0) is 44.9 Å². The summed E-state index contributed by atoms with van der Waals surface area (Å²) >= 11 is 1.37. The Morgan fingerprint density at radius 3 is 2.47 bits per heavy atom. The predicted molar refractivity (Wildman–Crippen MR) is 128 cm³/mol. The topological polar surface area (TPSA) is 72.7 Å². The standard InChI is InChI=1S/C25H25N3O3S/c1-6-19-15(3)28-13-18(11-12-20(28)26-19)23(29)27-24-22(25(30)31-5)21(16(4)32-24)17-9-7-14(2)8-10-17/h7-13H,6H2,1-5H3,(H,27,29). The molecule has 0 spiro atoms. The maximum atomic E-state index is 13.1. The van der Waals surface area contributed by atoms with Crippen molar-refractivity contribution in [3.05, 3.63) is 75.6 Å². The van der Waals surface area contributed by atoms with Crippen LogP contribution in [0.5, 0.6) is 0 Å². The van der Waals surface area contributed by atoms with E-state index >= 15 is 0 Å². The number of pyridine rings is 1. The van der Waals surface area contributed by atoms with Crippen molar-refractivity contribution in [2.45, 2.75) is 34.1 Å². The van der Waals surface area contributed by atoms with Gasteiger partial charge in [-0.1, -0.05) is 36.8 Å². The molecule has 0 radical (unpaired) electrons. The van der Waals surface area contributed by atoms with Crippen LogP contribution in [-0.4, -0.2) is 28.4 Å². The minimum absolute atomic E-state index is 0.292. The number of aryl methyl sites for hydroxylation is 4. The summed E-state index contributed by atoms with van der Waals surface area (Å²) in [5.41, 5.74) is 6.51. The van der Waals surface area contributed by atoms with Crippen molar-refractivity contribution in [1.82, 2.24) is 9.38 Å². The molecule has 0 fully saturated rings. The van der Waals surface area contributed by atoms with Gasteiger partial charge >= 0.3 is 5.97 Å². The fraction of sp³-hybridized carbons (Fsp3) is 0.240. The minimum atomic E-state index is -0.478. The van der Waals surface area contributed by atoms with Gasteiger partial charge in [0.2, 0.25) is 0 Å². The third-order valence-corrected chi connectivity index (χ3v) is 6.61. The van der Waals surface area contributed by atoms with E-state index in [1.165, 1.54) is 18.4 Å². The molecule has 0 aliphatic carbocycles. The third-order valence-electron chi connectivity index (χ3n) is 5.59. The zero-order valence-corrected chi connectivity index (χ0v) is 19.6. The van der Waals surface area contributed by atoms with E-state index in [1.807, 2.05) is 55.5 Å². The van der Waals surface area contributed by atoms with Gasteiger partial charge in [0, 0.05) is 22.3 Å². The van der Waals surface area contributed by atoms with Crippen molar-refractivity contribution in [1.29, 1.82) is 0 Å². The summed E-state index contributed by atoms with van der Waals surface area (Å²) in [6, 6.07) is 11.5. The van der Waals surface area contributed by atoms with Crippen molar-refractivity contribution in [2.24, 2.45) is 0 Å². The van der Waals surface area contributed by atoms with E-state index in [0.717, 1.165) is 45.0 Å². The number of nitrogens with one attached hydrogen (secondary N) is 1. The molecule has 3 aromatic heterocycles. The molecule has 4 aromatic rings. The summed E-state index contributed by atoms with van der Waals surface area (Å²) in [4.78, 5) is 31.3. The van der Waals surface area contributed by atoms with Gasteiger partial charge < -0.3 is 14.5 Å². The number of anilines is 1. The Labute approximate surface area is 190 Å². The first kappa shape index (κ1) is 21.8. The molecule has 4 rings (SSSR count). The van der Waals surface area contributed by atoms with Crippen molar-refractivity contribution in [3.63, 3.8) is 0 Å². The molecule has 1 N–H and O–H groups in total. The Bertz CT molecular complexity index is 1330. The molecule has 32 heavy (non-hydrogen) atoms. The van der Waals surface area contributed by atoms with Crippen LogP contribution < -0.4 is 5.32 Å². The Kier molecular flexibility index (Phi) is 5.84. The van der Waals surface area contributed by atoms with E-state index in [9.17, 15) is 9.59 Å². The first-order valence-electron chi connectivity index (χ1n) is 10.4. The third kappa shape index (κ3) is 3.80. The number of amides is 1. The number of methoxy groups -OCH3 is 1. The van der Waals surface area contributed by atoms with Crippen LogP contribution in [0.2, 0.25) is 0 Å². The molecule has 0 unspecified atom stereocenters. The number of aromatic nitrogens is 2. The molecule has 0 aliphatic heterocycles. The van der Waals surface area contributed by atoms with Crippen LogP contribution >= 0.6 is 11.3 Å². The number of carbonyl (C=O) groups excluding carboxylic acids is 2. The number of hydrogen-bond donors (Lipinski definition) is 1. The fourth-order valence-electron chi connectivity index (χ4n) is 3.85. The Balaban J connectivity index is 1.74. The number of fused-ring (bicyclic) bond motifs is 1. The van der Waals surface area contributed by atoms with Crippen LogP contribution in [-0.2, 0) is 11.2 Å². The molecule has 0 saturated heterocycles. The monoisotopic (exact) mass is 447 g/mol. The lowest BCUT2D eigenvalue weighted by Gasteiger charge is -2.09. The zero-order valence-electron chi connectivity index (χ0n) is 18.8. The van der Waals surface area contributed by atoms with Crippen LogP contribution in [0.3, 0.4) is 0 Å². The second kappa shape index (κ2) is 8.59. The normalized spacial score (nSPS) is 11.0. The van der Waals surface area contributed by atoms with E-state index in [4.69, 9.17) is 4.74 Å². The number of carbonyl (C=O) groups is 2. The molecule has 1 amide bonds. The average Bonchev–Trinajstić information content (AvgIpc) is 3.29. The van der Waals surface area contributed by atoms with Crippen LogP contribution in [0, 0.1) is 20.8 Å². The number of nitrogens with zero attached hydrogens (tertiary/aromatic N) is 2. The molecule has 1 aromatic carbocycles. The summed E-state index contributed by atoms with van der Waals surface area (Å²) in [7, 11) is 1.35. The highest BCUT2D eigenvalue weighted by Crippen LogP contribution is 2.40. The van der Waals surface area contributed by atoms with Gasteiger partial charge in [0.1, 0.15) is 16.2 Å². The summed E-state index contributed by atoms with van der Waals surface area (Å²) in [6.07, 6.45) is 2.61. The highest BCUT2D eigenvalue weighted by Gasteiger charge is 2.25. The number of thiophene rings is 1. The molecule has 0 aliphatic rings. The Morgan fingerprint density at radius 2 is 1.81 bits per heavy atom. The summed E-state index contributed by atoms with van der Waals surface area (Å²) in [5, 5.41) is 3.41. The highest BCUT2D eigenvalue weighted by molar-refractivity contribution is 7.17. The first-order chi connectivity index (χ1) is 15.3. The molecule has 0 saturated carbocycles. The number of ether oxygens (including phenoxy) is 1. The average molecular weight is 448 g/mol. The van der Waals surface area contributed by atoms with Gasteiger partial charge in [-0.2, -0.15) is 0 Å². The largest absolute Gasteiger partial charge is 0.465 e. The lowest BCUT2D eigenvalue weighted by Crippen LogP contribution is -2.15. The maximum absolute atomic E-state index is 13.1. The van der Waals surface area contributed by atoms with Crippen LogP contribution in [0.1, 0.15) is 49.5 Å². The second-order valence-corrected chi connectivity index (χ2v) is 8.92. The van der Waals surface area contributed by atoms with Crippen LogP contribution in [0.25, 0.3) is 16.8 Å². The maximum Gasteiger partial charge on any atom is 0.341 e. The van der Waals surface area contributed by atoms with E-state index < -0.39 is 5.97 Å². The summed E-state index contributed by atoms with van der Waals surface area (Å²) in [6.45, 7) is 8.00. The van der Waals surface area contributed by atoms with Crippen LogP contribution in [0.4, 0.5) is 5.00 Å².